The van der Waals surface area contributed by atoms with Crippen molar-refractivity contribution in [3.05, 3.63) is 11.6 Å². The van der Waals surface area contributed by atoms with Gasteiger partial charge < -0.3 is 0 Å². The highest BCUT2D eigenvalue weighted by Gasteiger charge is 2.57. The summed E-state index contributed by atoms with van der Waals surface area (Å²) in [5, 5.41) is 0. The van der Waals surface area contributed by atoms with E-state index in [-0.39, 0.29) is 16.7 Å². The summed E-state index contributed by atoms with van der Waals surface area (Å²) >= 11 is 0. The van der Waals surface area contributed by atoms with E-state index < -0.39 is 0 Å². The van der Waals surface area contributed by atoms with E-state index in [1.54, 1.807) is 12.5 Å². The first-order valence-corrected chi connectivity index (χ1v) is 9.59. The average Bonchev–Trinajstić information content (AvgIpc) is 2.85. The predicted molar refractivity (Wildman–Crippen MR) is 90.9 cm³/mol. The Labute approximate surface area is 140 Å². The summed E-state index contributed by atoms with van der Waals surface area (Å²) < 4.78 is 0. The van der Waals surface area contributed by atoms with E-state index in [4.69, 9.17) is 0 Å². The molecule has 3 saturated carbocycles. The minimum atomic E-state index is 0.188. The SMILES string of the molecule is CC(=O)[C@H]1CC[C@H]2[C@@H]3CCC4CC(=O)CC[C@@]4(C)C3=CC[C@]12C. The Morgan fingerprint density at radius 3 is 2.70 bits per heavy atom. The molecule has 3 fully saturated rings. The van der Waals surface area contributed by atoms with Gasteiger partial charge in [-0.05, 0) is 74.0 Å². The molecule has 0 radical (unpaired) electrons. The van der Waals surface area contributed by atoms with Gasteiger partial charge in [-0.2, -0.15) is 0 Å². The van der Waals surface area contributed by atoms with Gasteiger partial charge in [0.2, 0.25) is 0 Å². The van der Waals surface area contributed by atoms with E-state index in [0.29, 0.717) is 29.3 Å². The molecule has 0 N–H and O–H groups in total. The molecule has 0 aromatic carbocycles. The van der Waals surface area contributed by atoms with Crippen LogP contribution < -0.4 is 0 Å². The normalized spacial score (nSPS) is 49.0. The second kappa shape index (κ2) is 5.04. The lowest BCUT2D eigenvalue weighted by Gasteiger charge is -2.55. The third-order valence-electron chi connectivity index (χ3n) is 8.33. The Hall–Kier alpha value is -0.920. The average molecular weight is 314 g/mol. The molecule has 4 aliphatic rings. The molecular formula is C21H30O2. The van der Waals surface area contributed by atoms with Crippen LogP contribution in [0.15, 0.2) is 11.6 Å². The molecule has 0 aromatic rings. The van der Waals surface area contributed by atoms with Crippen molar-refractivity contribution in [1.29, 1.82) is 0 Å². The first kappa shape index (κ1) is 15.6. The lowest BCUT2D eigenvalue weighted by Crippen LogP contribution is -2.48. The van der Waals surface area contributed by atoms with Gasteiger partial charge in [-0.25, -0.2) is 0 Å². The number of carbonyl (C=O) groups is 2. The van der Waals surface area contributed by atoms with Crippen molar-refractivity contribution in [1.82, 2.24) is 0 Å². The predicted octanol–water partition coefficient (Wildman–Crippen LogP) is 4.72. The molecule has 1 unspecified atom stereocenters. The fourth-order valence-electron chi connectivity index (χ4n) is 6.98. The van der Waals surface area contributed by atoms with Crippen LogP contribution in [-0.4, -0.2) is 11.6 Å². The minimum absolute atomic E-state index is 0.188. The number of carbonyl (C=O) groups excluding carboxylic acids is 2. The minimum Gasteiger partial charge on any atom is -0.300 e. The van der Waals surface area contributed by atoms with Crippen molar-refractivity contribution < 1.29 is 9.59 Å². The zero-order valence-corrected chi connectivity index (χ0v) is 14.9. The maximum atomic E-state index is 12.1. The van der Waals surface area contributed by atoms with Gasteiger partial charge in [-0.1, -0.05) is 25.5 Å². The van der Waals surface area contributed by atoms with Gasteiger partial charge in [-0.15, -0.1) is 0 Å². The molecule has 0 aliphatic heterocycles. The van der Waals surface area contributed by atoms with Crippen molar-refractivity contribution in [2.75, 3.05) is 0 Å². The van der Waals surface area contributed by atoms with Gasteiger partial charge in [0.1, 0.15) is 11.6 Å². The van der Waals surface area contributed by atoms with E-state index in [9.17, 15) is 9.59 Å². The Kier molecular flexibility index (Phi) is 3.42. The fourth-order valence-corrected chi connectivity index (χ4v) is 6.98. The van der Waals surface area contributed by atoms with Gasteiger partial charge in [0, 0.05) is 18.8 Å². The lowest BCUT2D eigenvalue weighted by atomic mass is 9.49. The van der Waals surface area contributed by atoms with Crippen LogP contribution in [0.25, 0.3) is 0 Å². The molecule has 6 atom stereocenters. The lowest BCUT2D eigenvalue weighted by molar-refractivity contribution is -0.127. The molecule has 0 aromatic heterocycles. The molecule has 126 valence electrons. The van der Waals surface area contributed by atoms with E-state index in [0.717, 1.165) is 32.1 Å². The number of allylic oxidation sites excluding steroid dienone is 2. The van der Waals surface area contributed by atoms with Crippen LogP contribution in [0, 0.1) is 34.5 Å². The summed E-state index contributed by atoms with van der Waals surface area (Å²) in [4.78, 5) is 24.0. The zero-order chi connectivity index (χ0) is 16.4. The van der Waals surface area contributed by atoms with Gasteiger partial charge in [0.05, 0.1) is 0 Å². The van der Waals surface area contributed by atoms with Crippen LogP contribution in [-0.2, 0) is 9.59 Å². The Morgan fingerprint density at radius 2 is 1.96 bits per heavy atom. The van der Waals surface area contributed by atoms with Crippen LogP contribution in [0.3, 0.4) is 0 Å². The third-order valence-corrected chi connectivity index (χ3v) is 8.33. The van der Waals surface area contributed by atoms with Gasteiger partial charge in [0.25, 0.3) is 0 Å². The number of hydrogen-bond donors (Lipinski definition) is 0. The zero-order valence-electron chi connectivity index (χ0n) is 14.9. The second-order valence-corrected chi connectivity index (χ2v) is 9.26. The summed E-state index contributed by atoms with van der Waals surface area (Å²) in [7, 11) is 0. The van der Waals surface area contributed by atoms with Crippen molar-refractivity contribution in [2.24, 2.45) is 34.5 Å². The number of fused-ring (bicyclic) bond motifs is 5. The second-order valence-electron chi connectivity index (χ2n) is 9.26. The smallest absolute Gasteiger partial charge is 0.133 e. The monoisotopic (exact) mass is 314 g/mol. The largest absolute Gasteiger partial charge is 0.300 e. The first-order valence-electron chi connectivity index (χ1n) is 9.59. The van der Waals surface area contributed by atoms with Crippen molar-refractivity contribution in [3.8, 4) is 0 Å². The van der Waals surface area contributed by atoms with Crippen LogP contribution in [0.5, 0.6) is 0 Å². The summed E-state index contributed by atoms with van der Waals surface area (Å²) in [6.07, 6.45) is 11.0. The Morgan fingerprint density at radius 1 is 1.17 bits per heavy atom. The first-order chi connectivity index (χ1) is 10.9. The van der Waals surface area contributed by atoms with Gasteiger partial charge in [0.15, 0.2) is 0 Å². The maximum Gasteiger partial charge on any atom is 0.133 e. The van der Waals surface area contributed by atoms with Crippen LogP contribution >= 0.6 is 0 Å². The highest BCUT2D eigenvalue weighted by molar-refractivity contribution is 5.80. The molecule has 4 aliphatic carbocycles. The van der Waals surface area contributed by atoms with Crippen molar-refractivity contribution in [2.45, 2.75) is 72.1 Å². The third kappa shape index (κ3) is 2.06. The topological polar surface area (TPSA) is 34.1 Å². The highest BCUT2D eigenvalue weighted by atomic mass is 16.1. The van der Waals surface area contributed by atoms with Crippen LogP contribution in [0.4, 0.5) is 0 Å². The molecule has 0 amide bonds. The molecule has 0 heterocycles. The van der Waals surface area contributed by atoms with Crippen molar-refractivity contribution >= 4 is 11.6 Å². The fraction of sp³-hybridized carbons (Fsp3) is 0.810. The van der Waals surface area contributed by atoms with Crippen LogP contribution in [0.2, 0.25) is 0 Å². The Balaban J connectivity index is 1.70. The summed E-state index contributed by atoms with van der Waals surface area (Å²) in [5.74, 6) is 3.07. The molecular weight excluding hydrogens is 284 g/mol. The van der Waals surface area contributed by atoms with Gasteiger partial charge in [-0.3, -0.25) is 9.59 Å². The number of ketones is 2. The molecule has 0 spiro atoms. The van der Waals surface area contributed by atoms with Crippen molar-refractivity contribution in [3.63, 3.8) is 0 Å². The van der Waals surface area contributed by atoms with E-state index in [1.807, 2.05) is 0 Å². The number of Topliss-reactive ketones (excluding diaryl/α,β-unsaturated/α-hetero) is 2. The number of rotatable bonds is 1. The molecule has 4 rings (SSSR count). The molecule has 23 heavy (non-hydrogen) atoms. The quantitative estimate of drug-likeness (QED) is 0.656. The molecule has 0 saturated heterocycles. The summed E-state index contributed by atoms with van der Waals surface area (Å²) in [6.45, 7) is 6.60. The number of hydrogen-bond acceptors (Lipinski definition) is 2. The van der Waals surface area contributed by atoms with Gasteiger partial charge >= 0.3 is 0 Å². The summed E-state index contributed by atoms with van der Waals surface area (Å²) in [5.41, 5.74) is 2.12. The van der Waals surface area contributed by atoms with E-state index in [1.165, 1.54) is 19.3 Å². The maximum absolute atomic E-state index is 12.1. The highest BCUT2D eigenvalue weighted by Crippen LogP contribution is 2.65. The van der Waals surface area contributed by atoms with E-state index in [2.05, 4.69) is 19.9 Å². The molecule has 2 heteroatoms. The molecule has 0 bridgehead atoms. The van der Waals surface area contributed by atoms with Crippen LogP contribution in [0.1, 0.15) is 72.1 Å². The standard InChI is InChI=1S/C21H30O2/c1-13(22)17-6-7-18-16-5-4-14-12-15(23)8-10-20(14,2)19(16)9-11-21(17,18)3/h9,14,16-18H,4-8,10-12H2,1-3H3/t14?,16-,17+,18-,20+,21+/m0/s1. The summed E-state index contributed by atoms with van der Waals surface area (Å²) in [6, 6.07) is 0. The van der Waals surface area contributed by atoms with E-state index >= 15 is 0 Å². The Bertz CT molecular complexity index is 589. The molecule has 2 nitrogen and oxygen atoms in total.